The highest BCUT2D eigenvalue weighted by Crippen LogP contribution is 2.26. The molecule has 1 aliphatic carbocycles. The summed E-state index contributed by atoms with van der Waals surface area (Å²) in [6.07, 6.45) is 8.06. The van der Waals surface area contributed by atoms with Crippen LogP contribution in [-0.4, -0.2) is 45.3 Å². The van der Waals surface area contributed by atoms with Crippen LogP contribution in [0.15, 0.2) is 66.9 Å². The van der Waals surface area contributed by atoms with Crippen LogP contribution < -0.4 is 0 Å². The van der Waals surface area contributed by atoms with Gasteiger partial charge in [0.05, 0.1) is 6.54 Å². The number of carbonyl (C=O) groups is 2. The van der Waals surface area contributed by atoms with Gasteiger partial charge >= 0.3 is 0 Å². The summed E-state index contributed by atoms with van der Waals surface area (Å²) in [5.41, 5.74) is 2.32. The number of rotatable bonds is 11. The highest BCUT2D eigenvalue weighted by atomic mass is 35.5. The Morgan fingerprint density at radius 2 is 1.79 bits per heavy atom. The molecule has 0 saturated heterocycles. The number of amides is 2. The van der Waals surface area contributed by atoms with Crippen molar-refractivity contribution in [1.82, 2.24) is 14.4 Å². The van der Waals surface area contributed by atoms with E-state index >= 15 is 0 Å². The van der Waals surface area contributed by atoms with E-state index in [9.17, 15) is 14.0 Å². The van der Waals surface area contributed by atoms with Gasteiger partial charge in [0.1, 0.15) is 12.4 Å². The average Bonchev–Trinajstić information content (AvgIpc) is 3.37. The Morgan fingerprint density at radius 3 is 2.51 bits per heavy atom. The zero-order valence-electron chi connectivity index (χ0n) is 23.0. The first-order valence-electron chi connectivity index (χ1n) is 14.0. The summed E-state index contributed by atoms with van der Waals surface area (Å²) in [5.74, 6) is -0.473. The lowest BCUT2D eigenvalue weighted by atomic mass is 9.94. The van der Waals surface area contributed by atoms with Crippen LogP contribution in [0.5, 0.6) is 0 Å². The largest absolute Gasteiger partial charge is 0.345 e. The van der Waals surface area contributed by atoms with Crippen molar-refractivity contribution in [2.45, 2.75) is 71.5 Å². The van der Waals surface area contributed by atoms with Crippen LogP contribution in [0.25, 0.3) is 0 Å². The molecule has 1 aliphatic rings. The third-order valence-electron chi connectivity index (χ3n) is 7.55. The highest BCUT2D eigenvalue weighted by Gasteiger charge is 2.29. The van der Waals surface area contributed by atoms with Crippen molar-refractivity contribution in [3.63, 3.8) is 0 Å². The molecule has 5 nitrogen and oxygen atoms in total. The Hall–Kier alpha value is -3.12. The quantitative estimate of drug-likeness (QED) is 0.253. The van der Waals surface area contributed by atoms with E-state index in [1.165, 1.54) is 24.6 Å². The molecule has 1 heterocycles. The lowest BCUT2D eigenvalue weighted by molar-refractivity contribution is -0.135. The molecule has 7 heteroatoms. The van der Waals surface area contributed by atoms with Gasteiger partial charge in [-0.25, -0.2) is 4.39 Å². The minimum absolute atomic E-state index is 0.0240. The molecule has 3 aromatic rings. The van der Waals surface area contributed by atoms with E-state index in [-0.39, 0.29) is 30.0 Å². The molecular weight excluding hydrogens is 513 g/mol. The number of nitrogens with zero attached hydrogens (tertiary/aromatic N) is 3. The first-order valence-corrected chi connectivity index (χ1v) is 14.4. The first-order chi connectivity index (χ1) is 18.8. The van der Waals surface area contributed by atoms with E-state index in [0.29, 0.717) is 30.6 Å². The van der Waals surface area contributed by atoms with Gasteiger partial charge in [-0.2, -0.15) is 0 Å². The Labute approximate surface area is 236 Å². The molecule has 0 aliphatic heterocycles. The van der Waals surface area contributed by atoms with Crippen molar-refractivity contribution >= 4 is 23.4 Å². The Morgan fingerprint density at radius 1 is 1.03 bits per heavy atom. The maximum atomic E-state index is 14.0. The molecule has 1 fully saturated rings. The summed E-state index contributed by atoms with van der Waals surface area (Å²) in [6.45, 7) is 5.69. The fraction of sp³-hybridized carbons (Fsp3) is 0.438. The zero-order chi connectivity index (χ0) is 27.8. The lowest BCUT2D eigenvalue weighted by Gasteiger charge is -2.36. The van der Waals surface area contributed by atoms with Gasteiger partial charge in [0.25, 0.3) is 5.91 Å². The zero-order valence-corrected chi connectivity index (χ0v) is 23.7. The van der Waals surface area contributed by atoms with E-state index < -0.39 is 5.82 Å². The number of halogens is 2. The van der Waals surface area contributed by atoms with E-state index in [2.05, 4.69) is 18.4 Å². The van der Waals surface area contributed by atoms with Crippen LogP contribution in [-0.2, 0) is 17.9 Å². The predicted octanol–water partition coefficient (Wildman–Crippen LogP) is 7.18. The molecule has 0 unspecified atom stereocenters. The maximum Gasteiger partial charge on any atom is 0.254 e. The van der Waals surface area contributed by atoms with Crippen molar-refractivity contribution in [2.75, 3.05) is 13.1 Å². The van der Waals surface area contributed by atoms with Gasteiger partial charge < -0.3 is 14.4 Å². The Kier molecular flexibility index (Phi) is 10.2. The number of aromatic nitrogens is 1. The van der Waals surface area contributed by atoms with Crippen molar-refractivity contribution in [3.05, 3.63) is 94.5 Å². The molecule has 2 amide bonds. The summed E-state index contributed by atoms with van der Waals surface area (Å²) in [4.78, 5) is 31.0. The molecule has 1 aromatic heterocycles. The van der Waals surface area contributed by atoms with Crippen LogP contribution in [0.4, 0.5) is 4.39 Å². The second kappa shape index (κ2) is 13.8. The normalized spacial score (nSPS) is 14.0. The van der Waals surface area contributed by atoms with Crippen LogP contribution in [0.2, 0.25) is 5.02 Å². The van der Waals surface area contributed by atoms with Gasteiger partial charge in [-0.3, -0.25) is 9.59 Å². The van der Waals surface area contributed by atoms with Gasteiger partial charge in [-0.1, -0.05) is 69.0 Å². The molecule has 4 rings (SSSR count). The van der Waals surface area contributed by atoms with Crippen molar-refractivity contribution in [1.29, 1.82) is 0 Å². The van der Waals surface area contributed by atoms with Crippen molar-refractivity contribution in [3.8, 4) is 0 Å². The minimum Gasteiger partial charge on any atom is -0.345 e. The Balaban J connectivity index is 1.56. The summed E-state index contributed by atoms with van der Waals surface area (Å²) < 4.78 is 16.1. The standard InChI is InChI=1S/C32H39ClFN3O2/c1-24(2)17-19-36(32(39)25-11-8-12-27(34)20-25)23-31(38)37(28-13-4-3-5-14-28)22-29-15-9-18-35(29)21-26-10-6-7-16-30(26)33/h6-12,15-16,18,20,24,28H,3-5,13-14,17,19,21-23H2,1-2H3. The SMILES string of the molecule is CC(C)CCN(CC(=O)N(Cc1cccn1Cc1ccccc1Cl)C1CCCCC1)C(=O)c1cccc(F)c1. The summed E-state index contributed by atoms with van der Waals surface area (Å²) in [6, 6.07) is 17.7. The number of carbonyl (C=O) groups excluding carboxylic acids is 2. The summed E-state index contributed by atoms with van der Waals surface area (Å²) >= 11 is 6.43. The molecule has 1 saturated carbocycles. The molecule has 0 spiro atoms. The fourth-order valence-electron chi connectivity index (χ4n) is 5.27. The van der Waals surface area contributed by atoms with Crippen LogP contribution >= 0.6 is 11.6 Å². The molecule has 0 atom stereocenters. The van der Waals surface area contributed by atoms with E-state index in [1.54, 1.807) is 11.0 Å². The van der Waals surface area contributed by atoms with Gasteiger partial charge in [-0.05, 0) is 67.1 Å². The summed E-state index contributed by atoms with van der Waals surface area (Å²) in [7, 11) is 0. The molecule has 0 N–H and O–H groups in total. The van der Waals surface area contributed by atoms with Gasteiger partial charge in [-0.15, -0.1) is 0 Å². The highest BCUT2D eigenvalue weighted by molar-refractivity contribution is 6.31. The molecule has 0 bridgehead atoms. The third kappa shape index (κ3) is 7.95. The predicted molar refractivity (Wildman–Crippen MR) is 154 cm³/mol. The smallest absolute Gasteiger partial charge is 0.254 e. The second-order valence-corrected chi connectivity index (χ2v) is 11.4. The molecule has 208 valence electrons. The third-order valence-corrected chi connectivity index (χ3v) is 7.92. The fourth-order valence-corrected chi connectivity index (χ4v) is 5.47. The summed E-state index contributed by atoms with van der Waals surface area (Å²) in [5, 5.41) is 0.717. The van der Waals surface area contributed by atoms with Crippen LogP contribution in [0, 0.1) is 11.7 Å². The number of hydrogen-bond acceptors (Lipinski definition) is 2. The van der Waals surface area contributed by atoms with Crippen LogP contribution in [0.3, 0.4) is 0 Å². The molecular formula is C32H39ClFN3O2. The van der Waals surface area contributed by atoms with Crippen LogP contribution in [0.1, 0.15) is 74.0 Å². The molecule has 2 aromatic carbocycles. The second-order valence-electron chi connectivity index (χ2n) is 11.0. The maximum absolute atomic E-state index is 14.0. The minimum atomic E-state index is -0.459. The number of benzene rings is 2. The molecule has 0 radical (unpaired) electrons. The number of hydrogen-bond donors (Lipinski definition) is 0. The van der Waals surface area contributed by atoms with Gasteiger partial charge in [0.15, 0.2) is 0 Å². The van der Waals surface area contributed by atoms with E-state index in [4.69, 9.17) is 11.6 Å². The van der Waals surface area contributed by atoms with Crippen molar-refractivity contribution in [2.24, 2.45) is 5.92 Å². The van der Waals surface area contributed by atoms with E-state index in [0.717, 1.165) is 43.4 Å². The monoisotopic (exact) mass is 551 g/mol. The topological polar surface area (TPSA) is 45.6 Å². The lowest BCUT2D eigenvalue weighted by Crippen LogP contribution is -2.48. The van der Waals surface area contributed by atoms with E-state index in [1.807, 2.05) is 47.5 Å². The van der Waals surface area contributed by atoms with Gasteiger partial charge in [0, 0.05) is 41.6 Å². The van der Waals surface area contributed by atoms with Gasteiger partial charge in [0.2, 0.25) is 5.91 Å². The Bertz CT molecular complexity index is 1250. The van der Waals surface area contributed by atoms with Crippen molar-refractivity contribution < 1.29 is 14.0 Å². The first kappa shape index (κ1) is 28.9. The average molecular weight is 552 g/mol. The molecule has 39 heavy (non-hydrogen) atoms.